The van der Waals surface area contributed by atoms with Crippen molar-refractivity contribution in [3.63, 3.8) is 0 Å². The van der Waals surface area contributed by atoms with Crippen molar-refractivity contribution in [2.24, 2.45) is 0 Å². The van der Waals surface area contributed by atoms with Crippen LogP contribution in [0.1, 0.15) is 0 Å². The number of aromatic nitrogens is 3. The van der Waals surface area contributed by atoms with Crippen molar-refractivity contribution in [1.82, 2.24) is 19.9 Å². The lowest BCUT2D eigenvalue weighted by atomic mass is 10.2. The van der Waals surface area contributed by atoms with Gasteiger partial charge in [-0.1, -0.05) is 0 Å². The van der Waals surface area contributed by atoms with Gasteiger partial charge >= 0.3 is 0 Å². The Hall–Kier alpha value is -2.35. The fourth-order valence-electron chi connectivity index (χ4n) is 2.34. The molecule has 1 aliphatic heterocycles. The molecule has 1 saturated heterocycles. The minimum absolute atomic E-state index is 0.0311. The Morgan fingerprint density at radius 1 is 0.955 bits per heavy atom. The number of hydrogen-bond acceptors (Lipinski definition) is 6. The third kappa shape index (κ3) is 3.11. The van der Waals surface area contributed by atoms with Crippen molar-refractivity contribution in [2.45, 2.75) is 0 Å². The third-order valence-electron chi connectivity index (χ3n) is 3.55. The number of rotatable bonds is 2. The van der Waals surface area contributed by atoms with Gasteiger partial charge in [-0.25, -0.2) is 8.78 Å². The largest absolute Gasteiger partial charge is 0.368 e. The van der Waals surface area contributed by atoms with E-state index in [-0.39, 0.29) is 17.3 Å². The molecule has 1 aromatic heterocycles. The van der Waals surface area contributed by atoms with Gasteiger partial charge in [-0.15, -0.1) is 0 Å². The third-order valence-corrected chi connectivity index (χ3v) is 3.55. The SMILES string of the molecule is CN1CCN(c2nc(N)nc(-c3cc(F)cc(F)c3)n2)CC1. The van der Waals surface area contributed by atoms with Crippen LogP contribution in [0, 0.1) is 11.6 Å². The number of anilines is 2. The summed E-state index contributed by atoms with van der Waals surface area (Å²) in [4.78, 5) is 16.6. The maximum Gasteiger partial charge on any atom is 0.230 e. The van der Waals surface area contributed by atoms with E-state index < -0.39 is 11.6 Å². The molecule has 2 N–H and O–H groups in total. The van der Waals surface area contributed by atoms with E-state index in [0.717, 1.165) is 32.2 Å². The molecule has 1 fully saturated rings. The lowest BCUT2D eigenvalue weighted by molar-refractivity contribution is 0.311. The molecular formula is C14H16F2N6. The summed E-state index contributed by atoms with van der Waals surface area (Å²) in [5.74, 6) is -0.742. The van der Waals surface area contributed by atoms with E-state index in [1.54, 1.807) is 0 Å². The first-order valence-electron chi connectivity index (χ1n) is 6.93. The summed E-state index contributed by atoms with van der Waals surface area (Å²) in [5.41, 5.74) is 5.96. The number of hydrogen-bond donors (Lipinski definition) is 1. The maximum atomic E-state index is 13.4. The van der Waals surface area contributed by atoms with Crippen LogP contribution >= 0.6 is 0 Å². The summed E-state index contributed by atoms with van der Waals surface area (Å²) in [7, 11) is 2.04. The lowest BCUT2D eigenvalue weighted by Crippen LogP contribution is -2.45. The molecule has 8 heteroatoms. The van der Waals surface area contributed by atoms with Crippen LogP contribution in [0.5, 0.6) is 0 Å². The van der Waals surface area contributed by atoms with Gasteiger partial charge in [-0.3, -0.25) is 0 Å². The molecule has 0 spiro atoms. The molecule has 0 amide bonds. The molecule has 0 unspecified atom stereocenters. The monoisotopic (exact) mass is 306 g/mol. The molecule has 6 nitrogen and oxygen atoms in total. The van der Waals surface area contributed by atoms with Gasteiger partial charge in [-0.05, 0) is 19.2 Å². The molecule has 0 atom stereocenters. The highest BCUT2D eigenvalue weighted by Gasteiger charge is 2.18. The minimum atomic E-state index is -0.685. The smallest absolute Gasteiger partial charge is 0.230 e. The van der Waals surface area contributed by atoms with Gasteiger partial charge in [0.2, 0.25) is 11.9 Å². The fourth-order valence-corrected chi connectivity index (χ4v) is 2.34. The second kappa shape index (κ2) is 5.80. The highest BCUT2D eigenvalue weighted by atomic mass is 19.1. The van der Waals surface area contributed by atoms with E-state index in [2.05, 4.69) is 19.9 Å². The molecular weight excluding hydrogens is 290 g/mol. The quantitative estimate of drug-likeness (QED) is 0.897. The number of nitrogens with zero attached hydrogens (tertiary/aromatic N) is 5. The van der Waals surface area contributed by atoms with Crippen LogP contribution < -0.4 is 10.6 Å². The molecule has 3 rings (SSSR count). The first-order chi connectivity index (χ1) is 10.5. The zero-order chi connectivity index (χ0) is 15.7. The highest BCUT2D eigenvalue weighted by Crippen LogP contribution is 2.21. The van der Waals surface area contributed by atoms with Crippen molar-refractivity contribution >= 4 is 11.9 Å². The van der Waals surface area contributed by atoms with Crippen molar-refractivity contribution in [1.29, 1.82) is 0 Å². The molecule has 1 aromatic carbocycles. The Balaban J connectivity index is 1.96. The van der Waals surface area contributed by atoms with E-state index in [0.29, 0.717) is 5.95 Å². The van der Waals surface area contributed by atoms with Crippen LogP contribution in [0.2, 0.25) is 0 Å². The lowest BCUT2D eigenvalue weighted by Gasteiger charge is -2.32. The van der Waals surface area contributed by atoms with Crippen molar-refractivity contribution in [2.75, 3.05) is 43.9 Å². The fraction of sp³-hybridized carbons (Fsp3) is 0.357. The van der Waals surface area contributed by atoms with Crippen molar-refractivity contribution < 1.29 is 8.78 Å². The highest BCUT2D eigenvalue weighted by molar-refractivity contribution is 5.58. The van der Waals surface area contributed by atoms with Crippen molar-refractivity contribution in [3.05, 3.63) is 29.8 Å². The predicted octanol–water partition coefficient (Wildman–Crippen LogP) is 1.15. The van der Waals surface area contributed by atoms with Crippen LogP contribution in [0.4, 0.5) is 20.7 Å². The van der Waals surface area contributed by atoms with Gasteiger partial charge in [0.1, 0.15) is 11.6 Å². The molecule has 0 saturated carbocycles. The van der Waals surface area contributed by atoms with Gasteiger partial charge in [-0.2, -0.15) is 15.0 Å². The first kappa shape index (κ1) is 14.6. The number of benzene rings is 1. The molecule has 2 aromatic rings. The standard InChI is InChI=1S/C14H16F2N6/c1-21-2-4-22(5-3-21)14-19-12(18-13(17)20-14)9-6-10(15)8-11(16)7-9/h6-8H,2-5H2,1H3,(H2,17,18,19,20). The molecule has 22 heavy (non-hydrogen) atoms. The number of halogens is 2. The molecule has 116 valence electrons. The van der Waals surface area contributed by atoms with Gasteiger partial charge < -0.3 is 15.5 Å². The minimum Gasteiger partial charge on any atom is -0.368 e. The first-order valence-corrected chi connectivity index (χ1v) is 6.93. The summed E-state index contributed by atoms with van der Waals surface area (Å²) in [5, 5.41) is 0. The zero-order valence-electron chi connectivity index (χ0n) is 12.1. The number of piperazine rings is 1. The normalized spacial score (nSPS) is 16.0. The molecule has 0 aliphatic carbocycles. The zero-order valence-corrected chi connectivity index (χ0v) is 12.1. The summed E-state index contributed by atoms with van der Waals surface area (Å²) in [6.07, 6.45) is 0. The molecule has 0 radical (unpaired) electrons. The Morgan fingerprint density at radius 3 is 2.23 bits per heavy atom. The predicted molar refractivity (Wildman–Crippen MR) is 79.3 cm³/mol. The second-order valence-electron chi connectivity index (χ2n) is 5.27. The Bertz CT molecular complexity index is 665. The summed E-state index contributed by atoms with van der Waals surface area (Å²) >= 11 is 0. The summed E-state index contributed by atoms with van der Waals surface area (Å²) < 4.78 is 26.7. The second-order valence-corrected chi connectivity index (χ2v) is 5.27. The number of nitrogen functional groups attached to an aromatic ring is 1. The van der Waals surface area contributed by atoms with E-state index in [9.17, 15) is 8.78 Å². The Labute approximate surface area is 126 Å². The van der Waals surface area contributed by atoms with E-state index >= 15 is 0 Å². The molecule has 0 bridgehead atoms. The molecule has 2 heterocycles. The number of likely N-dealkylation sites (N-methyl/N-ethyl adjacent to an activating group) is 1. The maximum absolute atomic E-state index is 13.4. The Morgan fingerprint density at radius 2 is 1.59 bits per heavy atom. The Kier molecular flexibility index (Phi) is 3.84. The number of nitrogens with two attached hydrogens (primary N) is 1. The van der Waals surface area contributed by atoms with Crippen LogP contribution in [0.3, 0.4) is 0 Å². The van der Waals surface area contributed by atoms with Crippen LogP contribution in [-0.2, 0) is 0 Å². The average Bonchev–Trinajstić information content (AvgIpc) is 2.46. The van der Waals surface area contributed by atoms with Gasteiger partial charge in [0.05, 0.1) is 0 Å². The van der Waals surface area contributed by atoms with E-state index in [1.165, 1.54) is 12.1 Å². The van der Waals surface area contributed by atoms with Crippen molar-refractivity contribution in [3.8, 4) is 11.4 Å². The van der Waals surface area contributed by atoms with Gasteiger partial charge in [0.25, 0.3) is 0 Å². The average molecular weight is 306 g/mol. The van der Waals surface area contributed by atoms with Gasteiger partial charge in [0.15, 0.2) is 5.82 Å². The van der Waals surface area contributed by atoms with E-state index in [4.69, 9.17) is 5.73 Å². The van der Waals surface area contributed by atoms with Crippen LogP contribution in [0.15, 0.2) is 18.2 Å². The van der Waals surface area contributed by atoms with Crippen LogP contribution in [-0.4, -0.2) is 53.1 Å². The van der Waals surface area contributed by atoms with Crippen LogP contribution in [0.25, 0.3) is 11.4 Å². The topological polar surface area (TPSA) is 71.2 Å². The summed E-state index contributed by atoms with van der Waals surface area (Å²) in [6, 6.07) is 3.15. The summed E-state index contributed by atoms with van der Waals surface area (Å²) in [6.45, 7) is 3.29. The van der Waals surface area contributed by atoms with Gasteiger partial charge in [0, 0.05) is 37.8 Å². The van der Waals surface area contributed by atoms with E-state index in [1.807, 2.05) is 11.9 Å². The molecule has 1 aliphatic rings.